The van der Waals surface area contributed by atoms with Gasteiger partial charge in [0.25, 0.3) is 5.91 Å². The molecule has 1 saturated heterocycles. The number of piperidine rings is 1. The van der Waals surface area contributed by atoms with Crippen molar-refractivity contribution in [2.45, 2.75) is 19.8 Å². The van der Waals surface area contributed by atoms with Crippen molar-refractivity contribution < 1.29 is 14.3 Å². The SMILES string of the molecule is CCOC(=O)C1CN(C(=O)c2ccc(Cl)cc2Cl)CCC1=NCCc1ccccc1. The van der Waals surface area contributed by atoms with Crippen molar-refractivity contribution in [3.63, 3.8) is 0 Å². The molecule has 1 amide bonds. The lowest BCUT2D eigenvalue weighted by Crippen LogP contribution is -2.47. The molecule has 3 rings (SSSR count). The number of hydrogen-bond acceptors (Lipinski definition) is 4. The van der Waals surface area contributed by atoms with Crippen LogP contribution in [0.5, 0.6) is 0 Å². The molecule has 0 saturated carbocycles. The standard InChI is InChI=1S/C23H24Cl2N2O3/c1-2-30-23(29)19-15-27(22(28)18-9-8-17(24)14-20(18)25)13-11-21(19)26-12-10-16-6-4-3-5-7-16/h3-9,14,19H,2,10-13,15H2,1H3. The Morgan fingerprint density at radius 1 is 1.17 bits per heavy atom. The zero-order valence-electron chi connectivity index (χ0n) is 16.8. The minimum absolute atomic E-state index is 0.223. The molecule has 2 aromatic rings. The summed E-state index contributed by atoms with van der Waals surface area (Å²) < 4.78 is 5.25. The maximum atomic E-state index is 13.0. The van der Waals surface area contributed by atoms with E-state index in [9.17, 15) is 9.59 Å². The highest BCUT2D eigenvalue weighted by molar-refractivity contribution is 6.36. The van der Waals surface area contributed by atoms with Crippen molar-refractivity contribution >= 4 is 40.8 Å². The fourth-order valence-corrected chi connectivity index (χ4v) is 3.96. The van der Waals surface area contributed by atoms with Gasteiger partial charge in [-0.05, 0) is 37.1 Å². The molecule has 0 radical (unpaired) electrons. The first-order chi connectivity index (χ1) is 14.5. The van der Waals surface area contributed by atoms with Crippen molar-refractivity contribution in [3.8, 4) is 0 Å². The molecule has 30 heavy (non-hydrogen) atoms. The van der Waals surface area contributed by atoms with E-state index in [1.165, 1.54) is 5.56 Å². The van der Waals surface area contributed by atoms with Crippen LogP contribution >= 0.6 is 23.2 Å². The lowest BCUT2D eigenvalue weighted by molar-refractivity contribution is -0.146. The summed E-state index contributed by atoms with van der Waals surface area (Å²) >= 11 is 12.1. The van der Waals surface area contributed by atoms with Gasteiger partial charge < -0.3 is 9.64 Å². The average molecular weight is 447 g/mol. The number of amides is 1. The van der Waals surface area contributed by atoms with E-state index >= 15 is 0 Å². The Hall–Kier alpha value is -2.37. The molecule has 0 N–H and O–H groups in total. The van der Waals surface area contributed by atoms with Crippen LogP contribution in [0.15, 0.2) is 53.5 Å². The van der Waals surface area contributed by atoms with Gasteiger partial charge in [-0.1, -0.05) is 53.5 Å². The van der Waals surface area contributed by atoms with E-state index in [4.69, 9.17) is 32.9 Å². The predicted octanol–water partition coefficient (Wildman–Crippen LogP) is 4.70. The smallest absolute Gasteiger partial charge is 0.316 e. The number of carbonyl (C=O) groups excluding carboxylic acids is 2. The van der Waals surface area contributed by atoms with Gasteiger partial charge in [-0.25, -0.2) is 0 Å². The summed E-state index contributed by atoms with van der Waals surface area (Å²) in [5.74, 6) is -1.14. The third-order valence-electron chi connectivity index (χ3n) is 5.02. The number of benzene rings is 2. The van der Waals surface area contributed by atoms with Gasteiger partial charge in [0.1, 0.15) is 5.92 Å². The van der Waals surface area contributed by atoms with Crippen molar-refractivity contribution in [2.75, 3.05) is 26.2 Å². The van der Waals surface area contributed by atoms with Crippen LogP contribution in [0.25, 0.3) is 0 Å². The monoisotopic (exact) mass is 446 g/mol. The van der Waals surface area contributed by atoms with Crippen LogP contribution < -0.4 is 0 Å². The first-order valence-corrected chi connectivity index (χ1v) is 10.7. The van der Waals surface area contributed by atoms with Crippen molar-refractivity contribution in [1.29, 1.82) is 0 Å². The summed E-state index contributed by atoms with van der Waals surface area (Å²) in [5, 5.41) is 0.759. The van der Waals surface area contributed by atoms with Crippen LogP contribution in [-0.2, 0) is 16.0 Å². The van der Waals surface area contributed by atoms with E-state index in [0.717, 1.165) is 12.1 Å². The molecule has 158 valence electrons. The Kier molecular flexibility index (Phi) is 7.88. The van der Waals surface area contributed by atoms with Crippen molar-refractivity contribution in [2.24, 2.45) is 10.9 Å². The van der Waals surface area contributed by atoms with Crippen LogP contribution in [-0.4, -0.2) is 48.7 Å². The van der Waals surface area contributed by atoms with E-state index in [0.29, 0.717) is 35.1 Å². The lowest BCUT2D eigenvalue weighted by atomic mass is 9.94. The Morgan fingerprint density at radius 3 is 2.63 bits per heavy atom. The lowest BCUT2D eigenvalue weighted by Gasteiger charge is -2.33. The van der Waals surface area contributed by atoms with Gasteiger partial charge in [-0.2, -0.15) is 0 Å². The van der Waals surface area contributed by atoms with Gasteiger partial charge in [-0.3, -0.25) is 14.6 Å². The molecular weight excluding hydrogens is 423 g/mol. The van der Waals surface area contributed by atoms with E-state index in [2.05, 4.69) is 12.1 Å². The third kappa shape index (κ3) is 5.61. The van der Waals surface area contributed by atoms with E-state index in [1.54, 1.807) is 30.0 Å². The van der Waals surface area contributed by atoms with E-state index < -0.39 is 5.92 Å². The fourth-order valence-electron chi connectivity index (χ4n) is 3.47. The first-order valence-electron chi connectivity index (χ1n) is 9.97. The summed E-state index contributed by atoms with van der Waals surface area (Å²) in [6.07, 6.45) is 1.32. The van der Waals surface area contributed by atoms with Crippen molar-refractivity contribution in [1.82, 2.24) is 4.90 Å². The summed E-state index contributed by atoms with van der Waals surface area (Å²) in [5.41, 5.74) is 2.35. The van der Waals surface area contributed by atoms with E-state index in [-0.39, 0.29) is 25.0 Å². The molecule has 1 aliphatic heterocycles. The number of halogens is 2. The number of esters is 1. The number of ether oxygens (including phenoxy) is 1. The van der Waals surface area contributed by atoms with Gasteiger partial charge in [0.2, 0.25) is 0 Å². The number of hydrogen-bond donors (Lipinski definition) is 0. The van der Waals surface area contributed by atoms with Crippen LogP contribution in [0.3, 0.4) is 0 Å². The highest BCUT2D eigenvalue weighted by Gasteiger charge is 2.35. The minimum Gasteiger partial charge on any atom is -0.465 e. The van der Waals surface area contributed by atoms with Crippen LogP contribution in [0.1, 0.15) is 29.3 Å². The van der Waals surface area contributed by atoms with Gasteiger partial charge in [0.05, 0.1) is 17.2 Å². The van der Waals surface area contributed by atoms with Gasteiger partial charge in [-0.15, -0.1) is 0 Å². The topological polar surface area (TPSA) is 59.0 Å². The van der Waals surface area contributed by atoms with Crippen molar-refractivity contribution in [3.05, 3.63) is 69.7 Å². The molecule has 1 heterocycles. The molecule has 1 aliphatic rings. The zero-order valence-corrected chi connectivity index (χ0v) is 18.3. The zero-order chi connectivity index (χ0) is 21.5. The number of aliphatic imine (C=N–C) groups is 1. The van der Waals surface area contributed by atoms with Gasteiger partial charge in [0, 0.05) is 36.8 Å². The number of likely N-dealkylation sites (tertiary alicyclic amines) is 1. The second-order valence-electron chi connectivity index (χ2n) is 7.04. The molecule has 1 unspecified atom stereocenters. The molecule has 7 heteroatoms. The minimum atomic E-state index is -0.565. The second kappa shape index (κ2) is 10.6. The van der Waals surface area contributed by atoms with Crippen LogP contribution in [0, 0.1) is 5.92 Å². The Labute approximate surface area is 186 Å². The number of rotatable bonds is 6. The summed E-state index contributed by atoms with van der Waals surface area (Å²) in [4.78, 5) is 31.9. The number of nitrogens with zero attached hydrogens (tertiary/aromatic N) is 2. The highest BCUT2D eigenvalue weighted by Crippen LogP contribution is 2.25. The van der Waals surface area contributed by atoms with Crippen LogP contribution in [0.4, 0.5) is 0 Å². The maximum Gasteiger partial charge on any atom is 0.316 e. The number of carbonyl (C=O) groups is 2. The van der Waals surface area contributed by atoms with Gasteiger partial charge >= 0.3 is 5.97 Å². The summed E-state index contributed by atoms with van der Waals surface area (Å²) in [7, 11) is 0. The van der Waals surface area contributed by atoms with Crippen LogP contribution in [0.2, 0.25) is 10.0 Å². The first kappa shape index (κ1) is 22.3. The molecule has 5 nitrogen and oxygen atoms in total. The summed E-state index contributed by atoms with van der Waals surface area (Å²) in [6, 6.07) is 14.9. The molecule has 0 spiro atoms. The molecule has 2 aromatic carbocycles. The molecule has 1 atom stereocenters. The third-order valence-corrected chi connectivity index (χ3v) is 5.57. The normalized spacial score (nSPS) is 17.8. The fraction of sp³-hybridized carbons (Fsp3) is 0.348. The molecule has 0 aromatic heterocycles. The maximum absolute atomic E-state index is 13.0. The molecule has 0 bridgehead atoms. The summed E-state index contributed by atoms with van der Waals surface area (Å²) in [6.45, 7) is 3.33. The molecular formula is C23H24Cl2N2O3. The van der Waals surface area contributed by atoms with Gasteiger partial charge in [0.15, 0.2) is 0 Å². The Bertz CT molecular complexity index is 931. The van der Waals surface area contributed by atoms with E-state index in [1.807, 2.05) is 18.2 Å². The average Bonchev–Trinajstić information content (AvgIpc) is 2.74. The Balaban J connectivity index is 1.73. The molecule has 0 aliphatic carbocycles. The highest BCUT2D eigenvalue weighted by atomic mass is 35.5. The quantitative estimate of drug-likeness (QED) is 0.603. The molecule has 1 fully saturated rings. The second-order valence-corrected chi connectivity index (χ2v) is 7.88. The predicted molar refractivity (Wildman–Crippen MR) is 120 cm³/mol. The largest absolute Gasteiger partial charge is 0.465 e. The Morgan fingerprint density at radius 2 is 1.93 bits per heavy atom.